The summed E-state index contributed by atoms with van der Waals surface area (Å²) in [6.07, 6.45) is -2.54. The molecule has 0 amide bonds. The average Bonchev–Trinajstić information content (AvgIpc) is 3.64. The number of aliphatic hydroxyl groups is 2. The number of ether oxygens (including phenoxy) is 4. The van der Waals surface area contributed by atoms with Crippen LogP contribution in [0.1, 0.15) is 44.0 Å². The largest absolute Gasteiger partial charge is 0.479 e. The number of hydrogen-bond donors (Lipinski definition) is 4. The number of methoxy groups -OCH3 is 1. The van der Waals surface area contributed by atoms with Crippen molar-refractivity contribution in [1.82, 2.24) is 29.7 Å². The fourth-order valence-corrected chi connectivity index (χ4v) is 7.73. The van der Waals surface area contributed by atoms with Crippen molar-refractivity contribution in [2.24, 2.45) is 0 Å². The SMILES string of the molecule is CCOC(=O)C(Cc1ccccc1)NP(=O)(NC(Cc1ccccc1)C(=O)OCC)OC[C@H]1O[C@@H](n2cnc3c(OC)nc(C)nc32)[C@@](C)(O)C1O. The number of carbonyl (C=O) groups is 2. The molecule has 2 aromatic heterocycles. The van der Waals surface area contributed by atoms with Crippen LogP contribution in [0.5, 0.6) is 5.88 Å². The van der Waals surface area contributed by atoms with Gasteiger partial charge >= 0.3 is 19.6 Å². The standard InChI is InChI=1S/C35H45N6O10P/c1-6-48-32(43)25(18-23-14-10-8-11-15-23)39-52(46,40-26(33(44)49-7-2)19-24-16-12-9-13-17-24)50-20-27-29(42)35(4,45)34(51-27)41-21-36-28-30(41)37-22(3)38-31(28)47-5/h8-17,21,25-27,29,34,42,45H,6-7,18-20H2,1-5H3,(H2,39,40,46)/t25?,26?,27-,29?,34-,35+,52?/m1/s1. The fourth-order valence-electron chi connectivity index (χ4n) is 5.94. The zero-order chi connectivity index (χ0) is 37.5. The monoisotopic (exact) mass is 740 g/mol. The molecule has 17 heteroatoms. The summed E-state index contributed by atoms with van der Waals surface area (Å²) in [5.74, 6) is -0.809. The lowest BCUT2D eigenvalue weighted by Crippen LogP contribution is -2.47. The van der Waals surface area contributed by atoms with Crippen molar-refractivity contribution >= 4 is 30.8 Å². The van der Waals surface area contributed by atoms with Crippen molar-refractivity contribution in [3.63, 3.8) is 0 Å². The first kappa shape index (κ1) is 38.9. The van der Waals surface area contributed by atoms with E-state index in [1.807, 2.05) is 12.1 Å². The van der Waals surface area contributed by atoms with Crippen LogP contribution in [0.4, 0.5) is 0 Å². The van der Waals surface area contributed by atoms with Gasteiger partial charge in [-0.1, -0.05) is 60.7 Å². The molecular weight excluding hydrogens is 695 g/mol. The lowest BCUT2D eigenvalue weighted by atomic mass is 9.96. The number of nitrogens with one attached hydrogen (secondary N) is 2. The van der Waals surface area contributed by atoms with E-state index in [1.54, 1.807) is 69.3 Å². The van der Waals surface area contributed by atoms with Gasteiger partial charge in [0.25, 0.3) is 0 Å². The Labute approximate surface area is 301 Å². The summed E-state index contributed by atoms with van der Waals surface area (Å²) < 4.78 is 44.6. The predicted octanol–water partition coefficient (Wildman–Crippen LogP) is 2.81. The first-order valence-electron chi connectivity index (χ1n) is 16.9. The summed E-state index contributed by atoms with van der Waals surface area (Å²) in [4.78, 5) is 39.6. The normalized spacial score (nSPS) is 22.4. The Morgan fingerprint density at radius 3 is 2.00 bits per heavy atom. The fraction of sp³-hybridized carbons (Fsp3) is 0.457. The lowest BCUT2D eigenvalue weighted by Gasteiger charge is -2.30. The Kier molecular flexibility index (Phi) is 12.8. The van der Waals surface area contributed by atoms with E-state index in [2.05, 4.69) is 25.1 Å². The van der Waals surface area contributed by atoms with E-state index >= 15 is 0 Å². The van der Waals surface area contributed by atoms with Gasteiger partial charge < -0.3 is 33.7 Å². The molecular formula is C35H45N6O10P. The highest BCUT2D eigenvalue weighted by Gasteiger charge is 2.54. The molecule has 16 nitrogen and oxygen atoms in total. The molecule has 1 aliphatic heterocycles. The Hall–Kier alpha value is -4.28. The van der Waals surface area contributed by atoms with E-state index < -0.39 is 62.3 Å². The maximum Gasteiger partial charge on any atom is 0.342 e. The molecule has 4 N–H and O–H groups in total. The Bertz CT molecular complexity index is 1790. The quantitative estimate of drug-likeness (QED) is 0.0908. The molecule has 1 aliphatic rings. The van der Waals surface area contributed by atoms with Crippen LogP contribution in [0.15, 0.2) is 67.0 Å². The molecule has 2 aromatic carbocycles. The van der Waals surface area contributed by atoms with Crippen molar-refractivity contribution in [3.05, 3.63) is 83.9 Å². The number of aromatic nitrogens is 4. The number of carbonyl (C=O) groups excluding carboxylic acids is 2. The Balaban J connectivity index is 1.46. The van der Waals surface area contributed by atoms with Crippen molar-refractivity contribution in [2.75, 3.05) is 26.9 Å². The summed E-state index contributed by atoms with van der Waals surface area (Å²) in [7, 11) is -3.01. The Morgan fingerprint density at radius 1 is 0.962 bits per heavy atom. The highest BCUT2D eigenvalue weighted by Crippen LogP contribution is 2.44. The minimum atomic E-state index is -4.45. The summed E-state index contributed by atoms with van der Waals surface area (Å²) >= 11 is 0. The number of benzene rings is 2. The summed E-state index contributed by atoms with van der Waals surface area (Å²) in [6.45, 7) is 5.90. The molecule has 0 spiro atoms. The molecule has 280 valence electrons. The van der Waals surface area contributed by atoms with Crippen LogP contribution in [0.25, 0.3) is 11.2 Å². The third kappa shape index (κ3) is 9.01. The molecule has 52 heavy (non-hydrogen) atoms. The minimum absolute atomic E-state index is 0.0572. The van der Waals surface area contributed by atoms with Crippen LogP contribution >= 0.6 is 7.67 Å². The van der Waals surface area contributed by atoms with Gasteiger partial charge in [-0.3, -0.25) is 18.7 Å². The van der Waals surface area contributed by atoms with Gasteiger partial charge in [-0.15, -0.1) is 0 Å². The van der Waals surface area contributed by atoms with Crippen LogP contribution in [0, 0.1) is 6.92 Å². The number of hydrogen-bond acceptors (Lipinski definition) is 13. The van der Waals surface area contributed by atoms with Gasteiger partial charge in [0, 0.05) is 0 Å². The second-order valence-electron chi connectivity index (χ2n) is 12.4. The van der Waals surface area contributed by atoms with Gasteiger partial charge in [0.05, 0.1) is 33.3 Å². The highest BCUT2D eigenvalue weighted by molar-refractivity contribution is 7.54. The number of aliphatic hydroxyl groups excluding tert-OH is 1. The zero-order valence-corrected chi connectivity index (χ0v) is 30.6. The van der Waals surface area contributed by atoms with Crippen molar-refractivity contribution < 1.29 is 47.8 Å². The van der Waals surface area contributed by atoms with Crippen molar-refractivity contribution in [3.8, 4) is 5.88 Å². The van der Waals surface area contributed by atoms with Gasteiger partial charge in [0.2, 0.25) is 5.88 Å². The first-order valence-corrected chi connectivity index (χ1v) is 18.5. The highest BCUT2D eigenvalue weighted by atomic mass is 31.2. The molecule has 6 atom stereocenters. The van der Waals surface area contributed by atoms with Crippen LogP contribution in [-0.4, -0.2) is 98.5 Å². The van der Waals surface area contributed by atoms with Crippen LogP contribution < -0.4 is 14.9 Å². The zero-order valence-electron chi connectivity index (χ0n) is 29.7. The number of nitrogens with zero attached hydrogens (tertiary/aromatic N) is 4. The molecule has 0 radical (unpaired) electrons. The van der Waals surface area contributed by atoms with Gasteiger partial charge in [-0.25, -0.2) is 20.1 Å². The topological polar surface area (TPSA) is 205 Å². The van der Waals surface area contributed by atoms with E-state index in [4.69, 9.17) is 23.5 Å². The van der Waals surface area contributed by atoms with Crippen LogP contribution in [0.3, 0.4) is 0 Å². The summed E-state index contributed by atoms with van der Waals surface area (Å²) in [5.41, 5.74) is 0.158. The van der Waals surface area contributed by atoms with Gasteiger partial charge in [0.1, 0.15) is 35.7 Å². The van der Waals surface area contributed by atoms with E-state index in [9.17, 15) is 24.4 Å². The third-order valence-corrected chi connectivity index (χ3v) is 10.3. The molecule has 5 rings (SSSR count). The first-order chi connectivity index (χ1) is 24.9. The smallest absolute Gasteiger partial charge is 0.342 e. The number of fused-ring (bicyclic) bond motifs is 1. The average molecular weight is 741 g/mol. The van der Waals surface area contributed by atoms with E-state index in [-0.39, 0.29) is 37.6 Å². The van der Waals surface area contributed by atoms with Gasteiger partial charge in [-0.2, -0.15) is 4.98 Å². The van der Waals surface area contributed by atoms with Crippen LogP contribution in [-0.2, 0) is 45.7 Å². The number of rotatable bonds is 17. The molecule has 3 unspecified atom stereocenters. The second-order valence-corrected chi connectivity index (χ2v) is 14.3. The summed E-state index contributed by atoms with van der Waals surface area (Å²) in [6, 6.07) is 15.7. The van der Waals surface area contributed by atoms with E-state index in [0.29, 0.717) is 11.3 Å². The molecule has 1 fully saturated rings. The summed E-state index contributed by atoms with van der Waals surface area (Å²) in [5, 5.41) is 28.5. The molecule has 0 saturated carbocycles. The maximum atomic E-state index is 14.9. The maximum absolute atomic E-state index is 14.9. The molecule has 1 saturated heterocycles. The second kappa shape index (κ2) is 17.0. The Morgan fingerprint density at radius 2 is 1.50 bits per heavy atom. The number of aryl methyl sites for hydroxylation is 1. The van der Waals surface area contributed by atoms with Crippen molar-refractivity contribution in [1.29, 1.82) is 0 Å². The van der Waals surface area contributed by atoms with Crippen LogP contribution in [0.2, 0.25) is 0 Å². The van der Waals surface area contributed by atoms with E-state index in [1.165, 1.54) is 24.9 Å². The third-order valence-electron chi connectivity index (χ3n) is 8.48. The molecule has 0 bridgehead atoms. The minimum Gasteiger partial charge on any atom is -0.479 e. The molecule has 3 heterocycles. The number of imidazole rings is 1. The van der Waals surface area contributed by atoms with Gasteiger partial charge in [0.15, 0.2) is 17.4 Å². The van der Waals surface area contributed by atoms with Crippen molar-refractivity contribution in [2.45, 2.75) is 76.7 Å². The molecule has 0 aliphatic carbocycles. The molecule has 4 aromatic rings. The number of esters is 2. The predicted molar refractivity (Wildman–Crippen MR) is 188 cm³/mol. The lowest BCUT2D eigenvalue weighted by molar-refractivity contribution is -0.145. The van der Waals surface area contributed by atoms with Gasteiger partial charge in [-0.05, 0) is 51.7 Å². The van der Waals surface area contributed by atoms with E-state index in [0.717, 1.165) is 11.1 Å².